The van der Waals surface area contributed by atoms with Crippen molar-refractivity contribution in [3.63, 3.8) is 0 Å². The molecular formula is C16H20N2O3. The summed E-state index contributed by atoms with van der Waals surface area (Å²) in [4.78, 5) is 13.9. The predicted octanol–water partition coefficient (Wildman–Crippen LogP) is 0.602. The molecule has 112 valence electrons. The number of β-amino-alcohol motifs (C(OH)–C–C–N with tert-alkyl or cyclic N) is 1. The summed E-state index contributed by atoms with van der Waals surface area (Å²) in [6.07, 6.45) is -0.511. The van der Waals surface area contributed by atoms with E-state index >= 15 is 0 Å². The molecule has 3 aliphatic heterocycles. The average Bonchev–Trinajstić information content (AvgIpc) is 2.94. The number of aliphatic hydroxyl groups excluding tert-OH is 1. The van der Waals surface area contributed by atoms with E-state index in [2.05, 4.69) is 10.2 Å². The zero-order valence-electron chi connectivity index (χ0n) is 12.1. The van der Waals surface area contributed by atoms with Gasteiger partial charge in [0.1, 0.15) is 6.61 Å². The minimum Gasteiger partial charge on any atom is -0.457 e. The first-order valence-corrected chi connectivity index (χ1v) is 7.57. The van der Waals surface area contributed by atoms with Crippen LogP contribution < -0.4 is 5.32 Å². The lowest BCUT2D eigenvalue weighted by Crippen LogP contribution is -2.51. The van der Waals surface area contributed by atoms with E-state index in [1.807, 2.05) is 13.0 Å². The first-order chi connectivity index (χ1) is 10.1. The Balaban J connectivity index is 1.52. The number of nitrogens with one attached hydrogen (secondary N) is 1. The van der Waals surface area contributed by atoms with Gasteiger partial charge in [-0.15, -0.1) is 0 Å². The Morgan fingerprint density at radius 3 is 3.00 bits per heavy atom. The summed E-state index contributed by atoms with van der Waals surface area (Å²) in [6, 6.07) is 4.27. The standard InChI is InChI=1S/C16H20N2O3/c1-9-11(2-3-12-13(9)8-21-16(12)20)15(19)7-18-5-10-4-17-14(10)6-18/h2-3,10,14-15,17,19H,4-8H2,1H3. The molecule has 3 heterocycles. The molecule has 2 N–H and O–H groups in total. The second-order valence-corrected chi connectivity index (χ2v) is 6.39. The third-order valence-electron chi connectivity index (χ3n) is 5.16. The van der Waals surface area contributed by atoms with E-state index in [0.717, 1.165) is 42.2 Å². The van der Waals surface area contributed by atoms with Crippen LogP contribution in [-0.4, -0.2) is 48.2 Å². The summed E-state index contributed by atoms with van der Waals surface area (Å²) in [7, 11) is 0. The Morgan fingerprint density at radius 2 is 2.33 bits per heavy atom. The van der Waals surface area contributed by atoms with E-state index in [9.17, 15) is 9.90 Å². The quantitative estimate of drug-likeness (QED) is 0.798. The molecular weight excluding hydrogens is 268 g/mol. The lowest BCUT2D eigenvalue weighted by Gasteiger charge is -2.30. The number of aliphatic hydroxyl groups is 1. The minimum absolute atomic E-state index is 0.253. The number of carbonyl (C=O) groups excluding carboxylic acids is 1. The fraction of sp³-hybridized carbons (Fsp3) is 0.562. The summed E-state index contributed by atoms with van der Waals surface area (Å²) in [6.45, 7) is 6.15. The van der Waals surface area contributed by atoms with Gasteiger partial charge in [0.15, 0.2) is 0 Å². The maximum absolute atomic E-state index is 11.6. The molecule has 3 atom stereocenters. The van der Waals surface area contributed by atoms with Crippen LogP contribution in [0, 0.1) is 12.8 Å². The highest BCUT2D eigenvalue weighted by atomic mass is 16.5. The van der Waals surface area contributed by atoms with Gasteiger partial charge in [-0.2, -0.15) is 0 Å². The number of hydrogen-bond acceptors (Lipinski definition) is 5. The summed E-state index contributed by atoms with van der Waals surface area (Å²) in [5.74, 6) is 0.501. The van der Waals surface area contributed by atoms with Crippen LogP contribution in [0.3, 0.4) is 0 Å². The highest BCUT2D eigenvalue weighted by molar-refractivity contribution is 5.93. The van der Waals surface area contributed by atoms with Crippen molar-refractivity contribution >= 4 is 5.97 Å². The molecule has 0 saturated carbocycles. The van der Waals surface area contributed by atoms with Crippen LogP contribution in [0.15, 0.2) is 12.1 Å². The Kier molecular flexibility index (Phi) is 3.03. The number of esters is 1. The number of fused-ring (bicyclic) bond motifs is 2. The highest BCUT2D eigenvalue weighted by Gasteiger charge is 2.39. The lowest BCUT2D eigenvalue weighted by atomic mass is 9.95. The molecule has 0 amide bonds. The Labute approximate surface area is 123 Å². The van der Waals surface area contributed by atoms with Gasteiger partial charge in [-0.25, -0.2) is 4.79 Å². The summed E-state index contributed by atoms with van der Waals surface area (Å²) >= 11 is 0. The summed E-state index contributed by atoms with van der Waals surface area (Å²) in [5.41, 5.74) is 3.48. The SMILES string of the molecule is Cc1c(C(O)CN2CC3CNC3C2)ccc2c1COC2=O. The topological polar surface area (TPSA) is 61.8 Å². The molecule has 2 fully saturated rings. The van der Waals surface area contributed by atoms with E-state index in [1.54, 1.807) is 6.07 Å². The second-order valence-electron chi connectivity index (χ2n) is 6.39. The number of cyclic esters (lactones) is 1. The molecule has 1 aromatic carbocycles. The summed E-state index contributed by atoms with van der Waals surface area (Å²) < 4.78 is 5.07. The maximum Gasteiger partial charge on any atom is 0.338 e. The van der Waals surface area contributed by atoms with Crippen molar-refractivity contribution in [3.8, 4) is 0 Å². The number of carbonyl (C=O) groups is 1. The zero-order valence-corrected chi connectivity index (χ0v) is 12.1. The number of ether oxygens (including phenoxy) is 1. The van der Waals surface area contributed by atoms with Gasteiger partial charge in [0.25, 0.3) is 0 Å². The van der Waals surface area contributed by atoms with E-state index in [0.29, 0.717) is 24.8 Å². The van der Waals surface area contributed by atoms with Crippen molar-refractivity contribution in [1.82, 2.24) is 10.2 Å². The molecule has 2 saturated heterocycles. The fourth-order valence-electron chi connectivity index (χ4n) is 3.76. The molecule has 21 heavy (non-hydrogen) atoms. The van der Waals surface area contributed by atoms with E-state index < -0.39 is 6.10 Å². The lowest BCUT2D eigenvalue weighted by molar-refractivity contribution is 0.0535. The van der Waals surface area contributed by atoms with Crippen LogP contribution in [0.2, 0.25) is 0 Å². The summed E-state index contributed by atoms with van der Waals surface area (Å²) in [5, 5.41) is 14.0. The monoisotopic (exact) mass is 288 g/mol. The van der Waals surface area contributed by atoms with Gasteiger partial charge in [-0.3, -0.25) is 4.90 Å². The first-order valence-electron chi connectivity index (χ1n) is 7.57. The average molecular weight is 288 g/mol. The molecule has 4 rings (SSSR count). The van der Waals surface area contributed by atoms with Gasteiger partial charge in [-0.1, -0.05) is 6.07 Å². The number of hydrogen-bond donors (Lipinski definition) is 2. The van der Waals surface area contributed by atoms with E-state index in [1.165, 1.54) is 0 Å². The number of benzene rings is 1. The van der Waals surface area contributed by atoms with Crippen LogP contribution in [0.1, 0.15) is 33.2 Å². The Morgan fingerprint density at radius 1 is 1.48 bits per heavy atom. The van der Waals surface area contributed by atoms with Crippen LogP contribution >= 0.6 is 0 Å². The smallest absolute Gasteiger partial charge is 0.338 e. The van der Waals surface area contributed by atoms with Crippen molar-refractivity contribution in [2.24, 2.45) is 5.92 Å². The van der Waals surface area contributed by atoms with Gasteiger partial charge in [-0.05, 0) is 24.1 Å². The molecule has 3 aliphatic rings. The highest BCUT2D eigenvalue weighted by Crippen LogP contribution is 2.31. The number of likely N-dealkylation sites (tertiary alicyclic amines) is 1. The molecule has 0 aromatic heterocycles. The van der Waals surface area contributed by atoms with E-state index in [4.69, 9.17) is 4.74 Å². The molecule has 1 aromatic rings. The first kappa shape index (κ1) is 13.2. The maximum atomic E-state index is 11.6. The second kappa shape index (κ2) is 4.80. The van der Waals surface area contributed by atoms with Crippen molar-refractivity contribution < 1.29 is 14.6 Å². The largest absolute Gasteiger partial charge is 0.457 e. The molecule has 0 bridgehead atoms. The van der Waals surface area contributed by atoms with Gasteiger partial charge < -0.3 is 15.2 Å². The van der Waals surface area contributed by atoms with Crippen molar-refractivity contribution in [3.05, 3.63) is 34.4 Å². The third-order valence-corrected chi connectivity index (χ3v) is 5.16. The van der Waals surface area contributed by atoms with Crippen molar-refractivity contribution in [2.75, 3.05) is 26.2 Å². The zero-order chi connectivity index (χ0) is 14.6. The van der Waals surface area contributed by atoms with Gasteiger partial charge in [0, 0.05) is 43.7 Å². The van der Waals surface area contributed by atoms with Crippen molar-refractivity contribution in [1.29, 1.82) is 0 Å². The third kappa shape index (κ3) is 2.08. The van der Waals surface area contributed by atoms with E-state index in [-0.39, 0.29) is 5.97 Å². The number of nitrogens with zero attached hydrogens (tertiary/aromatic N) is 1. The molecule has 3 unspecified atom stereocenters. The van der Waals surface area contributed by atoms with Gasteiger partial charge >= 0.3 is 5.97 Å². The van der Waals surface area contributed by atoms with Gasteiger partial charge in [0.2, 0.25) is 0 Å². The normalized spacial score (nSPS) is 28.8. The molecule has 0 radical (unpaired) electrons. The molecule has 0 aliphatic carbocycles. The Bertz CT molecular complexity index is 589. The Hall–Kier alpha value is -1.43. The molecule has 5 heteroatoms. The predicted molar refractivity (Wildman–Crippen MR) is 77.0 cm³/mol. The van der Waals surface area contributed by atoms with Gasteiger partial charge in [0.05, 0.1) is 11.7 Å². The minimum atomic E-state index is -0.511. The van der Waals surface area contributed by atoms with Crippen LogP contribution in [0.25, 0.3) is 0 Å². The number of rotatable bonds is 3. The van der Waals surface area contributed by atoms with Crippen LogP contribution in [0.5, 0.6) is 0 Å². The molecule has 5 nitrogen and oxygen atoms in total. The van der Waals surface area contributed by atoms with Crippen LogP contribution in [0.4, 0.5) is 0 Å². The molecule has 0 spiro atoms. The fourth-order valence-corrected chi connectivity index (χ4v) is 3.76. The van der Waals surface area contributed by atoms with Crippen LogP contribution in [-0.2, 0) is 11.3 Å². The van der Waals surface area contributed by atoms with Crippen molar-refractivity contribution in [2.45, 2.75) is 25.7 Å².